The summed E-state index contributed by atoms with van der Waals surface area (Å²) in [5.41, 5.74) is 4.10. The summed E-state index contributed by atoms with van der Waals surface area (Å²) in [7, 11) is 0. The fourth-order valence-electron chi connectivity index (χ4n) is 4.68. The van der Waals surface area contributed by atoms with Crippen LogP contribution in [0.25, 0.3) is 5.69 Å². The zero-order valence-electron chi connectivity index (χ0n) is 17.7. The molecule has 4 rings (SSSR count). The van der Waals surface area contributed by atoms with Gasteiger partial charge in [-0.05, 0) is 63.6 Å². The number of carbonyl (C=O) groups excluding carboxylic acids is 1. The van der Waals surface area contributed by atoms with Gasteiger partial charge < -0.3 is 10.2 Å². The third-order valence-corrected chi connectivity index (χ3v) is 6.40. The van der Waals surface area contributed by atoms with Crippen LogP contribution in [0.5, 0.6) is 0 Å². The Kier molecular flexibility index (Phi) is 6.65. The zero-order chi connectivity index (χ0) is 20.1. The number of benzene rings is 1. The summed E-state index contributed by atoms with van der Waals surface area (Å²) >= 11 is 0. The van der Waals surface area contributed by atoms with Crippen LogP contribution in [0.15, 0.2) is 30.3 Å². The number of nitrogens with zero attached hydrogens (tertiary/aromatic N) is 3. The molecule has 1 N–H and O–H groups in total. The minimum atomic E-state index is 0.0184. The quantitative estimate of drug-likeness (QED) is 0.750. The number of rotatable bonds is 6. The molecule has 1 aliphatic heterocycles. The predicted octanol–water partition coefficient (Wildman–Crippen LogP) is 4.14. The number of carbonyl (C=O) groups is 1. The topological polar surface area (TPSA) is 50.2 Å². The van der Waals surface area contributed by atoms with E-state index in [4.69, 9.17) is 5.10 Å². The number of piperidine rings is 1. The second-order valence-electron chi connectivity index (χ2n) is 8.52. The molecule has 0 unspecified atom stereocenters. The average molecular weight is 395 g/mol. The fourth-order valence-corrected chi connectivity index (χ4v) is 4.68. The molecule has 5 heteroatoms. The SMILES string of the molecule is CCCCN1CCC(NC(=O)c2nn(-c3ccccc3)c3c2CCCCC3)CC1. The Balaban J connectivity index is 1.49. The number of nitrogens with one attached hydrogen (secondary N) is 1. The first-order valence-corrected chi connectivity index (χ1v) is 11.5. The van der Waals surface area contributed by atoms with Gasteiger partial charge >= 0.3 is 0 Å². The zero-order valence-corrected chi connectivity index (χ0v) is 17.7. The van der Waals surface area contributed by atoms with E-state index >= 15 is 0 Å². The summed E-state index contributed by atoms with van der Waals surface area (Å²) < 4.78 is 2.02. The van der Waals surface area contributed by atoms with Crippen molar-refractivity contribution in [2.24, 2.45) is 0 Å². The van der Waals surface area contributed by atoms with Gasteiger partial charge in [0.15, 0.2) is 5.69 Å². The lowest BCUT2D eigenvalue weighted by Crippen LogP contribution is -2.45. The molecule has 1 aromatic heterocycles. The third-order valence-electron chi connectivity index (χ3n) is 6.40. The van der Waals surface area contributed by atoms with E-state index in [2.05, 4.69) is 29.3 Å². The van der Waals surface area contributed by atoms with Crippen LogP contribution in [0.3, 0.4) is 0 Å². The van der Waals surface area contributed by atoms with Gasteiger partial charge in [0.05, 0.1) is 5.69 Å². The molecule has 1 amide bonds. The molecule has 1 saturated heterocycles. The highest BCUT2D eigenvalue weighted by molar-refractivity contribution is 5.94. The predicted molar refractivity (Wildman–Crippen MR) is 117 cm³/mol. The second kappa shape index (κ2) is 9.57. The van der Waals surface area contributed by atoms with Crippen LogP contribution in [-0.4, -0.2) is 46.3 Å². The molecule has 156 valence electrons. The van der Waals surface area contributed by atoms with Gasteiger partial charge in [0.1, 0.15) is 0 Å². The molecule has 0 spiro atoms. The van der Waals surface area contributed by atoms with Crippen LogP contribution in [-0.2, 0) is 12.8 Å². The molecule has 1 aliphatic carbocycles. The number of aromatic nitrogens is 2. The summed E-state index contributed by atoms with van der Waals surface area (Å²) in [6.07, 6.45) is 10.1. The van der Waals surface area contributed by atoms with Crippen molar-refractivity contribution in [3.8, 4) is 5.69 Å². The van der Waals surface area contributed by atoms with Crippen molar-refractivity contribution in [1.82, 2.24) is 20.0 Å². The van der Waals surface area contributed by atoms with E-state index < -0.39 is 0 Å². The molecular formula is C24H34N4O. The van der Waals surface area contributed by atoms with Crippen molar-refractivity contribution >= 4 is 5.91 Å². The molecule has 0 bridgehead atoms. The van der Waals surface area contributed by atoms with E-state index in [0.717, 1.165) is 50.9 Å². The van der Waals surface area contributed by atoms with Crippen LogP contribution < -0.4 is 5.32 Å². The fraction of sp³-hybridized carbons (Fsp3) is 0.583. The summed E-state index contributed by atoms with van der Waals surface area (Å²) in [6.45, 7) is 5.60. The van der Waals surface area contributed by atoms with E-state index in [0.29, 0.717) is 5.69 Å². The second-order valence-corrected chi connectivity index (χ2v) is 8.52. The minimum absolute atomic E-state index is 0.0184. The van der Waals surface area contributed by atoms with Crippen molar-refractivity contribution in [1.29, 1.82) is 0 Å². The number of para-hydroxylation sites is 1. The summed E-state index contributed by atoms with van der Waals surface area (Å²) in [5, 5.41) is 8.12. The number of fused-ring (bicyclic) bond motifs is 1. The van der Waals surface area contributed by atoms with E-state index in [1.54, 1.807) is 0 Å². The van der Waals surface area contributed by atoms with Crippen LogP contribution in [0.1, 0.15) is 73.6 Å². The standard InChI is InChI=1S/C24H34N4O/c1-2-3-16-27-17-14-19(15-18-27)25-24(29)23-21-12-8-5-9-13-22(21)28(26-23)20-10-6-4-7-11-20/h4,6-7,10-11,19H,2-3,5,8-9,12-18H2,1H3,(H,25,29). The Bertz CT molecular complexity index is 806. The molecule has 0 atom stereocenters. The summed E-state index contributed by atoms with van der Waals surface area (Å²) in [5.74, 6) is 0.0184. The first-order valence-electron chi connectivity index (χ1n) is 11.5. The molecule has 0 saturated carbocycles. The van der Waals surface area contributed by atoms with Crippen molar-refractivity contribution < 1.29 is 4.79 Å². The lowest BCUT2D eigenvalue weighted by atomic mass is 10.0. The van der Waals surface area contributed by atoms with Crippen LogP contribution >= 0.6 is 0 Å². The Morgan fingerprint density at radius 2 is 1.86 bits per heavy atom. The molecule has 29 heavy (non-hydrogen) atoms. The van der Waals surface area contributed by atoms with Gasteiger partial charge in [0, 0.05) is 30.4 Å². The van der Waals surface area contributed by atoms with Gasteiger partial charge in [-0.15, -0.1) is 0 Å². The van der Waals surface area contributed by atoms with Crippen molar-refractivity contribution in [3.05, 3.63) is 47.3 Å². The van der Waals surface area contributed by atoms with Crippen molar-refractivity contribution in [3.63, 3.8) is 0 Å². The third kappa shape index (κ3) is 4.72. The first kappa shape index (κ1) is 20.1. The highest BCUT2D eigenvalue weighted by atomic mass is 16.2. The number of amides is 1. The molecule has 2 aliphatic rings. The lowest BCUT2D eigenvalue weighted by Gasteiger charge is -2.32. The van der Waals surface area contributed by atoms with Gasteiger partial charge in [0.25, 0.3) is 5.91 Å². The van der Waals surface area contributed by atoms with E-state index in [-0.39, 0.29) is 11.9 Å². The highest BCUT2D eigenvalue weighted by Gasteiger charge is 2.27. The van der Waals surface area contributed by atoms with Crippen molar-refractivity contribution in [2.75, 3.05) is 19.6 Å². The Morgan fingerprint density at radius 3 is 2.62 bits per heavy atom. The Morgan fingerprint density at radius 1 is 1.10 bits per heavy atom. The summed E-state index contributed by atoms with van der Waals surface area (Å²) in [6, 6.07) is 10.5. The number of likely N-dealkylation sites (tertiary alicyclic amines) is 1. The van der Waals surface area contributed by atoms with Crippen LogP contribution in [0, 0.1) is 0 Å². The highest BCUT2D eigenvalue weighted by Crippen LogP contribution is 2.26. The normalized spacial score (nSPS) is 18.2. The molecule has 5 nitrogen and oxygen atoms in total. The van der Waals surface area contributed by atoms with Gasteiger partial charge in [0.2, 0.25) is 0 Å². The molecule has 1 fully saturated rings. The maximum absolute atomic E-state index is 13.2. The Labute approximate surface area is 174 Å². The van der Waals surface area contributed by atoms with Crippen LogP contribution in [0.2, 0.25) is 0 Å². The van der Waals surface area contributed by atoms with E-state index in [1.165, 1.54) is 43.5 Å². The molecule has 2 aromatic rings. The monoisotopic (exact) mass is 394 g/mol. The molecule has 2 heterocycles. The largest absolute Gasteiger partial charge is 0.348 e. The molecule has 0 radical (unpaired) electrons. The number of hydrogen-bond donors (Lipinski definition) is 1. The van der Waals surface area contributed by atoms with Gasteiger partial charge in [-0.25, -0.2) is 4.68 Å². The van der Waals surface area contributed by atoms with Gasteiger partial charge in [-0.1, -0.05) is 38.0 Å². The van der Waals surface area contributed by atoms with E-state index in [9.17, 15) is 4.79 Å². The number of unbranched alkanes of at least 4 members (excludes halogenated alkanes) is 1. The summed E-state index contributed by atoms with van der Waals surface area (Å²) in [4.78, 5) is 15.7. The number of hydrogen-bond acceptors (Lipinski definition) is 3. The molecular weight excluding hydrogens is 360 g/mol. The van der Waals surface area contributed by atoms with Crippen LogP contribution in [0.4, 0.5) is 0 Å². The average Bonchev–Trinajstić information content (AvgIpc) is 2.95. The minimum Gasteiger partial charge on any atom is -0.348 e. The molecule has 1 aromatic carbocycles. The maximum atomic E-state index is 13.2. The van der Waals surface area contributed by atoms with Gasteiger partial charge in [-0.3, -0.25) is 4.79 Å². The lowest BCUT2D eigenvalue weighted by molar-refractivity contribution is 0.0904. The maximum Gasteiger partial charge on any atom is 0.272 e. The Hall–Kier alpha value is -2.14. The van der Waals surface area contributed by atoms with E-state index in [1.807, 2.05) is 22.9 Å². The van der Waals surface area contributed by atoms with Gasteiger partial charge in [-0.2, -0.15) is 5.10 Å². The first-order chi connectivity index (χ1) is 14.3. The smallest absolute Gasteiger partial charge is 0.272 e. The van der Waals surface area contributed by atoms with Crippen molar-refractivity contribution in [2.45, 2.75) is 70.8 Å².